The first-order chi connectivity index (χ1) is 13.9. The highest BCUT2D eigenvalue weighted by Gasteiger charge is 2.39. The van der Waals surface area contributed by atoms with Crippen LogP contribution >= 0.6 is 0 Å². The molecule has 1 aromatic heterocycles. The zero-order valence-electron chi connectivity index (χ0n) is 20.0. The first-order valence-electron chi connectivity index (χ1n) is 11.2. The van der Waals surface area contributed by atoms with Crippen LogP contribution in [0.1, 0.15) is 87.0 Å². The van der Waals surface area contributed by atoms with Crippen LogP contribution in [-0.2, 0) is 0 Å². The minimum absolute atomic E-state index is 0.0105. The monoisotopic (exact) mass is 419 g/mol. The number of unbranched alkanes of at least 4 members (excludes halogenated alkanes) is 2. The third-order valence-electron chi connectivity index (χ3n) is 5.20. The van der Waals surface area contributed by atoms with Gasteiger partial charge in [-0.15, -0.1) is 4.98 Å². The van der Waals surface area contributed by atoms with Gasteiger partial charge in [-0.3, -0.25) is 0 Å². The average molecular weight is 420 g/mol. The summed E-state index contributed by atoms with van der Waals surface area (Å²) in [6.45, 7) is 19.3. The molecule has 170 valence electrons. The molecule has 1 aromatic rings. The van der Waals surface area contributed by atoms with Crippen LogP contribution in [0.2, 0.25) is 0 Å². The van der Waals surface area contributed by atoms with Crippen LogP contribution in [-0.4, -0.2) is 44.3 Å². The van der Waals surface area contributed by atoms with Gasteiger partial charge in [0, 0.05) is 29.5 Å². The maximum atomic E-state index is 6.25. The normalized spacial score (nSPS) is 18.6. The molecular weight excluding hydrogens is 378 g/mol. The average Bonchev–Trinajstić information content (AvgIpc) is 2.56. The first-order valence-corrected chi connectivity index (χ1v) is 11.2. The molecule has 1 aliphatic rings. The summed E-state index contributed by atoms with van der Waals surface area (Å²) in [6, 6.07) is 0.550. The summed E-state index contributed by atoms with van der Waals surface area (Å²) < 4.78 is 11.9. The van der Waals surface area contributed by atoms with E-state index in [0.29, 0.717) is 18.6 Å². The molecular formula is C23H41N5O2. The van der Waals surface area contributed by atoms with E-state index in [4.69, 9.17) is 9.47 Å². The van der Waals surface area contributed by atoms with Crippen LogP contribution in [0.4, 0.5) is 5.95 Å². The molecule has 0 aromatic carbocycles. The van der Waals surface area contributed by atoms with Crippen molar-refractivity contribution in [1.29, 1.82) is 0 Å². The van der Waals surface area contributed by atoms with Crippen molar-refractivity contribution in [2.24, 2.45) is 0 Å². The van der Waals surface area contributed by atoms with Crippen molar-refractivity contribution in [1.82, 2.24) is 20.3 Å². The summed E-state index contributed by atoms with van der Waals surface area (Å²) in [6.07, 6.45) is 8.02. The highest BCUT2D eigenvalue weighted by atomic mass is 16.5. The largest absolute Gasteiger partial charge is 0.460 e. The van der Waals surface area contributed by atoms with Crippen LogP contribution in [0.15, 0.2) is 12.7 Å². The Balaban J connectivity index is 2.19. The van der Waals surface area contributed by atoms with Crippen molar-refractivity contribution in [2.45, 2.75) is 110 Å². The number of nitrogens with zero attached hydrogens (tertiary/aromatic N) is 3. The highest BCUT2D eigenvalue weighted by molar-refractivity contribution is 5.31. The van der Waals surface area contributed by atoms with Gasteiger partial charge in [0.1, 0.15) is 12.7 Å². The second kappa shape index (κ2) is 9.94. The molecule has 0 radical (unpaired) electrons. The van der Waals surface area contributed by atoms with Gasteiger partial charge in [0.25, 0.3) is 0 Å². The van der Waals surface area contributed by atoms with Gasteiger partial charge in [0.15, 0.2) is 0 Å². The Morgan fingerprint density at radius 1 is 1.10 bits per heavy atom. The van der Waals surface area contributed by atoms with Crippen LogP contribution in [0.5, 0.6) is 12.0 Å². The Kier molecular flexibility index (Phi) is 8.08. The van der Waals surface area contributed by atoms with E-state index in [-0.39, 0.29) is 28.7 Å². The van der Waals surface area contributed by atoms with E-state index in [1.165, 1.54) is 12.8 Å². The van der Waals surface area contributed by atoms with Gasteiger partial charge in [-0.2, -0.15) is 9.97 Å². The van der Waals surface area contributed by atoms with Gasteiger partial charge in [0.05, 0.1) is 0 Å². The van der Waals surface area contributed by atoms with Gasteiger partial charge in [0.2, 0.25) is 5.95 Å². The fraction of sp³-hybridized carbons (Fsp3) is 0.783. The van der Waals surface area contributed by atoms with Crippen molar-refractivity contribution in [3.05, 3.63) is 12.7 Å². The summed E-state index contributed by atoms with van der Waals surface area (Å²) in [4.78, 5) is 13.4. The molecule has 7 nitrogen and oxygen atoms in total. The molecule has 30 heavy (non-hydrogen) atoms. The lowest BCUT2D eigenvalue weighted by atomic mass is 9.81. The standard InChI is InChI=1S/C23H41N5O2/c1-9-11-12-13-21(3,4)27-18-24-19(29-14-10-2)26-20(25-18)30-17-15-22(5,6)28-23(7,8)16-17/h10,17,28H,2,9,11-16H2,1,3-8H3,(H,24,25,26,27). The molecule has 0 amide bonds. The predicted octanol–water partition coefficient (Wildman–Crippen LogP) is 4.90. The van der Waals surface area contributed by atoms with Crippen LogP contribution in [0, 0.1) is 0 Å². The molecule has 0 aliphatic carbocycles. The van der Waals surface area contributed by atoms with Gasteiger partial charge in [-0.1, -0.05) is 38.8 Å². The molecule has 0 bridgehead atoms. The summed E-state index contributed by atoms with van der Waals surface area (Å²) in [5.41, 5.74) is -0.184. The molecule has 1 aliphatic heterocycles. The van der Waals surface area contributed by atoms with E-state index in [0.717, 1.165) is 25.7 Å². The SMILES string of the molecule is C=CCOc1nc(NC(C)(C)CCCCC)nc(OC2CC(C)(C)NC(C)(C)C2)n1. The van der Waals surface area contributed by atoms with Crippen LogP contribution < -0.4 is 20.1 Å². The second-order valence-corrected chi connectivity index (χ2v) is 10.3. The lowest BCUT2D eigenvalue weighted by Gasteiger charge is -2.45. The Labute approximate surface area is 182 Å². The first kappa shape index (κ1) is 24.4. The number of nitrogens with one attached hydrogen (secondary N) is 2. The van der Waals surface area contributed by atoms with E-state index in [1.54, 1.807) is 6.08 Å². The molecule has 0 spiro atoms. The third kappa shape index (κ3) is 8.09. The maximum absolute atomic E-state index is 6.25. The minimum atomic E-state index is -0.137. The van der Waals surface area contributed by atoms with Crippen molar-refractivity contribution in [3.63, 3.8) is 0 Å². The number of piperidine rings is 1. The minimum Gasteiger partial charge on any atom is -0.460 e. The number of anilines is 1. The highest BCUT2D eigenvalue weighted by Crippen LogP contribution is 2.31. The van der Waals surface area contributed by atoms with E-state index < -0.39 is 0 Å². The second-order valence-electron chi connectivity index (χ2n) is 10.3. The zero-order chi connectivity index (χ0) is 22.4. The predicted molar refractivity (Wildman–Crippen MR) is 122 cm³/mol. The molecule has 1 fully saturated rings. The molecule has 0 unspecified atom stereocenters. The van der Waals surface area contributed by atoms with Crippen LogP contribution in [0.3, 0.4) is 0 Å². The lowest BCUT2D eigenvalue weighted by Crippen LogP contribution is -2.60. The number of hydrogen-bond donors (Lipinski definition) is 2. The molecule has 7 heteroatoms. The smallest absolute Gasteiger partial charge is 0.324 e. The fourth-order valence-corrected chi connectivity index (χ4v) is 4.29. The van der Waals surface area contributed by atoms with E-state index >= 15 is 0 Å². The number of rotatable bonds is 11. The maximum Gasteiger partial charge on any atom is 0.324 e. The summed E-state index contributed by atoms with van der Waals surface area (Å²) in [5.74, 6) is 0.480. The molecule has 2 heterocycles. The fourth-order valence-electron chi connectivity index (χ4n) is 4.29. The molecule has 0 saturated carbocycles. The zero-order valence-corrected chi connectivity index (χ0v) is 20.0. The topological polar surface area (TPSA) is 81.2 Å². The lowest BCUT2D eigenvalue weighted by molar-refractivity contribution is 0.0492. The van der Waals surface area contributed by atoms with E-state index in [2.05, 4.69) is 80.6 Å². The number of ether oxygens (including phenoxy) is 2. The number of hydrogen-bond acceptors (Lipinski definition) is 7. The van der Waals surface area contributed by atoms with Crippen molar-refractivity contribution in [3.8, 4) is 12.0 Å². The van der Waals surface area contributed by atoms with Crippen molar-refractivity contribution < 1.29 is 9.47 Å². The van der Waals surface area contributed by atoms with Gasteiger partial charge < -0.3 is 20.1 Å². The van der Waals surface area contributed by atoms with Gasteiger partial charge >= 0.3 is 12.0 Å². The third-order valence-corrected chi connectivity index (χ3v) is 5.20. The molecule has 1 saturated heterocycles. The molecule has 2 N–H and O–H groups in total. The van der Waals surface area contributed by atoms with Gasteiger partial charge in [-0.05, 0) is 48.0 Å². The quantitative estimate of drug-likeness (QED) is 0.390. The van der Waals surface area contributed by atoms with E-state index in [1.807, 2.05) is 0 Å². The van der Waals surface area contributed by atoms with Crippen LogP contribution in [0.25, 0.3) is 0 Å². The summed E-state index contributed by atoms with van der Waals surface area (Å²) in [7, 11) is 0. The van der Waals surface area contributed by atoms with Crippen molar-refractivity contribution in [2.75, 3.05) is 11.9 Å². The van der Waals surface area contributed by atoms with Crippen molar-refractivity contribution >= 4 is 5.95 Å². The Morgan fingerprint density at radius 3 is 2.33 bits per heavy atom. The van der Waals surface area contributed by atoms with E-state index in [9.17, 15) is 0 Å². The Hall–Kier alpha value is -1.89. The summed E-state index contributed by atoms with van der Waals surface area (Å²) >= 11 is 0. The molecule has 0 atom stereocenters. The Bertz CT molecular complexity index is 687. The van der Waals surface area contributed by atoms with Gasteiger partial charge in [-0.25, -0.2) is 0 Å². The molecule has 2 rings (SSSR count). The summed E-state index contributed by atoms with van der Waals surface area (Å²) in [5, 5.41) is 7.12. The Morgan fingerprint density at radius 2 is 1.73 bits per heavy atom. The number of aromatic nitrogens is 3.